The number of azo groups is 1. The van der Waals surface area contributed by atoms with Gasteiger partial charge in [0.15, 0.2) is 5.54 Å². The second-order valence-electron chi connectivity index (χ2n) is 3.14. The molecule has 0 aromatic rings. The summed E-state index contributed by atoms with van der Waals surface area (Å²) in [5, 5.41) is 7.85. The third-order valence-corrected chi connectivity index (χ3v) is 2.49. The lowest BCUT2D eigenvalue weighted by Crippen LogP contribution is -2.37. The summed E-state index contributed by atoms with van der Waals surface area (Å²) in [6.45, 7) is 3.16. The predicted molar refractivity (Wildman–Crippen MR) is 37.2 cm³/mol. The van der Waals surface area contributed by atoms with E-state index in [1.54, 1.807) is 0 Å². The van der Waals surface area contributed by atoms with Crippen LogP contribution in [0.15, 0.2) is 10.2 Å². The largest absolute Gasteiger partial charge is 0.464 e. The molecule has 4 heteroatoms. The molecule has 1 spiro atoms. The summed E-state index contributed by atoms with van der Waals surface area (Å²) < 4.78 is 4.87. The molecule has 0 saturated carbocycles. The molecule has 0 radical (unpaired) electrons. The maximum Gasteiger partial charge on any atom is 0.336 e. The van der Waals surface area contributed by atoms with Crippen molar-refractivity contribution in [2.75, 3.05) is 13.2 Å². The molecule has 1 fully saturated rings. The van der Waals surface area contributed by atoms with E-state index in [2.05, 4.69) is 10.2 Å². The molecule has 0 bridgehead atoms. The van der Waals surface area contributed by atoms with Crippen LogP contribution in [0.25, 0.3) is 0 Å². The topological polar surface area (TPSA) is 51.0 Å². The summed E-state index contributed by atoms with van der Waals surface area (Å²) in [6, 6.07) is 0. The number of nitrogens with zero attached hydrogens (tertiary/aromatic N) is 2. The van der Waals surface area contributed by atoms with Gasteiger partial charge in [-0.2, -0.15) is 10.2 Å². The first-order valence-corrected chi connectivity index (χ1v) is 3.81. The van der Waals surface area contributed by atoms with Crippen molar-refractivity contribution in [1.82, 2.24) is 0 Å². The van der Waals surface area contributed by atoms with Gasteiger partial charge in [0.05, 0.1) is 13.2 Å². The van der Waals surface area contributed by atoms with Crippen LogP contribution in [0.5, 0.6) is 0 Å². The van der Waals surface area contributed by atoms with Gasteiger partial charge in [0, 0.05) is 12.3 Å². The van der Waals surface area contributed by atoms with Crippen LogP contribution in [0.3, 0.4) is 0 Å². The Bertz CT molecular complexity index is 226. The first-order chi connectivity index (χ1) is 5.26. The molecule has 0 amide bonds. The number of rotatable bonds is 0. The lowest BCUT2D eigenvalue weighted by Gasteiger charge is -2.17. The van der Waals surface area contributed by atoms with E-state index in [0.29, 0.717) is 19.6 Å². The molecule has 0 aliphatic carbocycles. The van der Waals surface area contributed by atoms with E-state index in [4.69, 9.17) is 4.74 Å². The predicted octanol–water partition coefficient (Wildman–Crippen LogP) is 0.774. The Morgan fingerprint density at radius 1 is 1.73 bits per heavy atom. The highest BCUT2D eigenvalue weighted by atomic mass is 16.5. The molecule has 2 aliphatic rings. The van der Waals surface area contributed by atoms with Crippen LogP contribution in [-0.2, 0) is 9.53 Å². The van der Waals surface area contributed by atoms with E-state index in [1.165, 1.54) is 0 Å². The summed E-state index contributed by atoms with van der Waals surface area (Å²) in [5.41, 5.74) is -0.597. The van der Waals surface area contributed by atoms with E-state index >= 15 is 0 Å². The van der Waals surface area contributed by atoms with Crippen LogP contribution in [0.2, 0.25) is 0 Å². The van der Waals surface area contributed by atoms with Gasteiger partial charge < -0.3 is 4.74 Å². The van der Waals surface area contributed by atoms with Gasteiger partial charge in [0.25, 0.3) is 0 Å². The van der Waals surface area contributed by atoms with Gasteiger partial charge in [-0.05, 0) is 0 Å². The number of hydrogen-bond acceptors (Lipinski definition) is 4. The minimum absolute atomic E-state index is 0.189. The molecule has 2 heterocycles. The Hall–Kier alpha value is -0.930. The highest BCUT2D eigenvalue weighted by Gasteiger charge is 2.51. The van der Waals surface area contributed by atoms with E-state index in [1.807, 2.05) is 6.92 Å². The van der Waals surface area contributed by atoms with Crippen LogP contribution in [0.1, 0.15) is 13.3 Å². The Balaban J connectivity index is 2.33. The average molecular weight is 154 g/mol. The Kier molecular flexibility index (Phi) is 1.25. The van der Waals surface area contributed by atoms with E-state index in [0.717, 1.165) is 0 Å². The molecule has 1 saturated heterocycles. The highest BCUT2D eigenvalue weighted by molar-refractivity contribution is 5.83. The molecule has 11 heavy (non-hydrogen) atoms. The average Bonchev–Trinajstić information content (AvgIpc) is 2.48. The van der Waals surface area contributed by atoms with Crippen LogP contribution < -0.4 is 0 Å². The SMILES string of the molecule is C[C@@H]1CN=N[C@]12CCOC2=O. The summed E-state index contributed by atoms with van der Waals surface area (Å²) in [5.74, 6) is 0.0312. The van der Waals surface area contributed by atoms with E-state index in [9.17, 15) is 4.79 Å². The molecular weight excluding hydrogens is 144 g/mol. The van der Waals surface area contributed by atoms with E-state index < -0.39 is 5.54 Å². The van der Waals surface area contributed by atoms with Gasteiger partial charge in [-0.25, -0.2) is 4.79 Å². The molecule has 0 aromatic carbocycles. The number of ether oxygens (including phenoxy) is 1. The minimum Gasteiger partial charge on any atom is -0.464 e. The van der Waals surface area contributed by atoms with Crippen molar-refractivity contribution in [3.8, 4) is 0 Å². The molecule has 0 unspecified atom stereocenters. The first kappa shape index (κ1) is 6.76. The van der Waals surface area contributed by atoms with Gasteiger partial charge in [0.1, 0.15) is 0 Å². The monoisotopic (exact) mass is 154 g/mol. The van der Waals surface area contributed by atoms with Crippen LogP contribution in [-0.4, -0.2) is 24.7 Å². The fraction of sp³-hybridized carbons (Fsp3) is 0.857. The van der Waals surface area contributed by atoms with Gasteiger partial charge in [-0.3, -0.25) is 0 Å². The number of carbonyl (C=O) groups is 1. The second-order valence-corrected chi connectivity index (χ2v) is 3.14. The fourth-order valence-electron chi connectivity index (χ4n) is 1.60. The first-order valence-electron chi connectivity index (χ1n) is 3.81. The van der Waals surface area contributed by atoms with Gasteiger partial charge in [0.2, 0.25) is 0 Å². The van der Waals surface area contributed by atoms with Crippen LogP contribution in [0.4, 0.5) is 0 Å². The molecule has 2 atom stereocenters. The molecule has 60 valence electrons. The fourth-order valence-corrected chi connectivity index (χ4v) is 1.60. The van der Waals surface area contributed by atoms with Crippen molar-refractivity contribution < 1.29 is 9.53 Å². The number of esters is 1. The van der Waals surface area contributed by atoms with Gasteiger partial charge in [-0.1, -0.05) is 6.92 Å². The zero-order valence-corrected chi connectivity index (χ0v) is 6.41. The summed E-state index contributed by atoms with van der Waals surface area (Å²) in [7, 11) is 0. The quantitative estimate of drug-likeness (QED) is 0.484. The lowest BCUT2D eigenvalue weighted by molar-refractivity contribution is -0.143. The minimum atomic E-state index is -0.597. The summed E-state index contributed by atoms with van der Waals surface area (Å²) >= 11 is 0. The van der Waals surface area contributed by atoms with Crippen molar-refractivity contribution in [2.24, 2.45) is 16.1 Å². The molecule has 0 aromatic heterocycles. The highest BCUT2D eigenvalue weighted by Crippen LogP contribution is 2.36. The number of carbonyl (C=O) groups excluding carboxylic acids is 1. The third kappa shape index (κ3) is 0.721. The van der Waals surface area contributed by atoms with Gasteiger partial charge in [-0.15, -0.1) is 0 Å². The van der Waals surface area contributed by atoms with Crippen molar-refractivity contribution >= 4 is 5.97 Å². The zero-order valence-electron chi connectivity index (χ0n) is 6.41. The zero-order chi connectivity index (χ0) is 7.90. The maximum atomic E-state index is 11.2. The molecular formula is C7H10N2O2. The second kappa shape index (κ2) is 2.03. The summed E-state index contributed by atoms with van der Waals surface area (Å²) in [4.78, 5) is 11.2. The van der Waals surface area contributed by atoms with Crippen molar-refractivity contribution in [2.45, 2.75) is 18.9 Å². The Labute approximate surface area is 64.6 Å². The molecule has 4 nitrogen and oxygen atoms in total. The number of hydrogen-bond donors (Lipinski definition) is 0. The normalized spacial score (nSPS) is 41.9. The van der Waals surface area contributed by atoms with Crippen molar-refractivity contribution in [3.05, 3.63) is 0 Å². The van der Waals surface area contributed by atoms with Gasteiger partial charge >= 0.3 is 5.97 Å². The standard InChI is InChI=1S/C7H10N2O2/c1-5-4-8-9-7(5)2-3-11-6(7)10/h5H,2-4H2,1H3/t5-,7-/m1/s1. The Morgan fingerprint density at radius 2 is 2.55 bits per heavy atom. The molecule has 2 aliphatic heterocycles. The van der Waals surface area contributed by atoms with Crippen LogP contribution in [0, 0.1) is 5.92 Å². The van der Waals surface area contributed by atoms with Crippen molar-refractivity contribution in [3.63, 3.8) is 0 Å². The molecule has 0 N–H and O–H groups in total. The smallest absolute Gasteiger partial charge is 0.336 e. The lowest BCUT2D eigenvalue weighted by atomic mass is 9.86. The number of cyclic esters (lactones) is 1. The van der Waals surface area contributed by atoms with E-state index in [-0.39, 0.29) is 11.9 Å². The van der Waals surface area contributed by atoms with Crippen LogP contribution >= 0.6 is 0 Å². The summed E-state index contributed by atoms with van der Waals surface area (Å²) in [6.07, 6.45) is 0.705. The maximum absolute atomic E-state index is 11.2. The molecule has 2 rings (SSSR count). The Morgan fingerprint density at radius 3 is 3.00 bits per heavy atom. The third-order valence-electron chi connectivity index (χ3n) is 2.49. The van der Waals surface area contributed by atoms with Crippen molar-refractivity contribution in [1.29, 1.82) is 0 Å².